The van der Waals surface area contributed by atoms with Crippen molar-refractivity contribution in [1.29, 1.82) is 0 Å². The third-order valence-corrected chi connectivity index (χ3v) is 7.71. The summed E-state index contributed by atoms with van der Waals surface area (Å²) in [4.78, 5) is 65.1. The molecule has 10 nitrogen and oxygen atoms in total. The number of nitrogens with zero attached hydrogens (tertiary/aromatic N) is 1. The van der Waals surface area contributed by atoms with E-state index in [0.29, 0.717) is 16.7 Å². The zero-order chi connectivity index (χ0) is 36.1. The zero-order valence-electron chi connectivity index (χ0n) is 26.5. The summed E-state index contributed by atoms with van der Waals surface area (Å²) in [5.41, 5.74) is -1.67. The Kier molecular flexibility index (Phi) is 10.6. The number of benzene rings is 4. The molecule has 2 amide bonds. The average Bonchev–Trinajstić information content (AvgIpc) is 3.05. The van der Waals surface area contributed by atoms with E-state index in [4.69, 9.17) is 4.74 Å². The molecule has 4 rings (SSSR count). The number of nitrogens with one attached hydrogen (secondary N) is 1. The summed E-state index contributed by atoms with van der Waals surface area (Å²) in [6, 6.07) is 20.4. The molecule has 4 aromatic rings. The predicted molar refractivity (Wildman–Crippen MR) is 172 cm³/mol. The second-order valence-electron chi connectivity index (χ2n) is 11.4. The quantitative estimate of drug-likeness (QED) is 0.133. The topological polar surface area (TPSA) is 150 Å². The van der Waals surface area contributed by atoms with E-state index in [0.717, 1.165) is 12.1 Å². The lowest BCUT2D eigenvalue weighted by atomic mass is 9.81. The number of aryl methyl sites for hydroxylation is 1. The molecule has 0 aliphatic carbocycles. The molecule has 0 unspecified atom stereocenters. The van der Waals surface area contributed by atoms with Crippen LogP contribution < -0.4 is 5.32 Å². The summed E-state index contributed by atoms with van der Waals surface area (Å²) in [7, 11) is 2.94. The number of rotatable bonds is 11. The van der Waals surface area contributed by atoms with E-state index in [1.54, 1.807) is 31.2 Å². The first-order valence-electron chi connectivity index (χ1n) is 14.7. The number of ether oxygens (including phenoxy) is 1. The van der Waals surface area contributed by atoms with Gasteiger partial charge in [-0.05, 0) is 59.5 Å². The highest BCUT2D eigenvalue weighted by Crippen LogP contribution is 2.33. The molecule has 49 heavy (non-hydrogen) atoms. The molecule has 0 fully saturated rings. The fraction of sp³-hybridized carbons (Fsp3) is 0.194. The number of hydrogen-bond acceptors (Lipinski definition) is 6. The van der Waals surface area contributed by atoms with E-state index < -0.39 is 59.9 Å². The van der Waals surface area contributed by atoms with E-state index in [-0.39, 0.29) is 27.9 Å². The first kappa shape index (κ1) is 35.9. The van der Waals surface area contributed by atoms with Crippen LogP contribution in [0.1, 0.15) is 43.0 Å². The highest BCUT2D eigenvalue weighted by molar-refractivity contribution is 6.12. The van der Waals surface area contributed by atoms with Gasteiger partial charge in [0.1, 0.15) is 6.61 Å². The normalized spacial score (nSPS) is 11.4. The number of anilines is 1. The van der Waals surface area contributed by atoms with Crippen molar-refractivity contribution < 1.29 is 52.1 Å². The van der Waals surface area contributed by atoms with Gasteiger partial charge in [-0.2, -0.15) is 13.2 Å². The second-order valence-corrected chi connectivity index (χ2v) is 11.4. The second kappa shape index (κ2) is 14.4. The van der Waals surface area contributed by atoms with Crippen LogP contribution in [0, 0.1) is 6.92 Å². The fourth-order valence-corrected chi connectivity index (χ4v) is 5.03. The molecule has 0 radical (unpaired) electrons. The van der Waals surface area contributed by atoms with Crippen molar-refractivity contribution >= 4 is 35.4 Å². The first-order chi connectivity index (χ1) is 23.0. The smallest absolute Gasteiger partial charge is 0.416 e. The molecule has 0 heterocycles. The zero-order valence-corrected chi connectivity index (χ0v) is 26.5. The highest BCUT2D eigenvalue weighted by Gasteiger charge is 2.50. The number of carboxylic acid groups (broad SMARTS) is 2. The Hall–Kier alpha value is -5.98. The van der Waals surface area contributed by atoms with E-state index in [1.165, 1.54) is 73.6 Å². The lowest BCUT2D eigenvalue weighted by Gasteiger charge is -2.25. The van der Waals surface area contributed by atoms with Crippen molar-refractivity contribution in [1.82, 2.24) is 4.90 Å². The summed E-state index contributed by atoms with van der Waals surface area (Å²) in [6.45, 7) is 0.731. The fourth-order valence-electron chi connectivity index (χ4n) is 5.03. The molecule has 0 saturated carbocycles. The monoisotopic (exact) mass is 676 g/mol. The number of carboxylic acids is 2. The first-order valence-corrected chi connectivity index (χ1v) is 14.7. The molecule has 4 aromatic carbocycles. The van der Waals surface area contributed by atoms with Gasteiger partial charge in [0.25, 0.3) is 11.8 Å². The van der Waals surface area contributed by atoms with Crippen molar-refractivity contribution in [3.8, 4) is 11.1 Å². The number of amides is 2. The van der Waals surface area contributed by atoms with Crippen LogP contribution in [-0.2, 0) is 37.1 Å². The van der Waals surface area contributed by atoms with Crippen molar-refractivity contribution in [3.63, 3.8) is 0 Å². The van der Waals surface area contributed by atoms with Crippen LogP contribution in [-0.4, -0.2) is 65.5 Å². The molecule has 0 aromatic heterocycles. The average molecular weight is 677 g/mol. The van der Waals surface area contributed by atoms with Crippen LogP contribution in [0.3, 0.4) is 0 Å². The van der Waals surface area contributed by atoms with Crippen molar-refractivity contribution in [2.75, 3.05) is 26.0 Å². The SMILES string of the molecule is Cc1ccc(-c2ccc(C(F)(F)F)cc2)c(C(=O)Nc2ccc(CC(=O)OCC(C(=O)O)(C(=O)O)c3ccccc3)cc2C(=O)N(C)C)c1. The maximum absolute atomic E-state index is 13.6. The lowest BCUT2D eigenvalue weighted by Crippen LogP contribution is -2.48. The minimum absolute atomic E-state index is 0.0120. The number of carbonyl (C=O) groups excluding carboxylic acids is 3. The third-order valence-electron chi connectivity index (χ3n) is 7.71. The van der Waals surface area contributed by atoms with Gasteiger partial charge in [0.15, 0.2) is 0 Å². The van der Waals surface area contributed by atoms with Crippen molar-refractivity contribution in [2.24, 2.45) is 0 Å². The largest absolute Gasteiger partial charge is 0.480 e. The van der Waals surface area contributed by atoms with Gasteiger partial charge in [-0.3, -0.25) is 24.0 Å². The van der Waals surface area contributed by atoms with Gasteiger partial charge in [-0.15, -0.1) is 0 Å². The van der Waals surface area contributed by atoms with Crippen LogP contribution >= 0.6 is 0 Å². The van der Waals surface area contributed by atoms with Gasteiger partial charge in [0, 0.05) is 19.7 Å². The van der Waals surface area contributed by atoms with E-state index in [9.17, 15) is 47.4 Å². The maximum atomic E-state index is 13.6. The van der Waals surface area contributed by atoms with E-state index in [2.05, 4.69) is 5.32 Å². The highest BCUT2D eigenvalue weighted by atomic mass is 19.4. The van der Waals surface area contributed by atoms with E-state index >= 15 is 0 Å². The summed E-state index contributed by atoms with van der Waals surface area (Å²) in [5, 5.41) is 22.4. The van der Waals surface area contributed by atoms with Crippen LogP contribution in [0.2, 0.25) is 0 Å². The van der Waals surface area contributed by atoms with Crippen LogP contribution in [0.25, 0.3) is 11.1 Å². The molecular formula is C36H31F3N2O8. The number of halogens is 3. The lowest BCUT2D eigenvalue weighted by molar-refractivity contribution is -0.164. The summed E-state index contributed by atoms with van der Waals surface area (Å²) >= 11 is 0. The molecular weight excluding hydrogens is 645 g/mol. The molecule has 3 N–H and O–H groups in total. The third kappa shape index (κ3) is 7.95. The van der Waals surface area contributed by atoms with Crippen molar-refractivity contribution in [2.45, 2.75) is 24.9 Å². The molecule has 0 atom stereocenters. The Morgan fingerprint density at radius 2 is 1.41 bits per heavy atom. The number of hydrogen-bond donors (Lipinski definition) is 3. The molecule has 254 valence electrons. The number of aliphatic carboxylic acids is 2. The molecule has 0 aliphatic heterocycles. The van der Waals surface area contributed by atoms with E-state index in [1.807, 2.05) is 0 Å². The molecule has 13 heteroatoms. The standard InChI is InChI=1S/C36H31F3N2O8/c1-21-9-15-26(23-11-13-25(14-12-23)36(37,38)39)27(17-21)31(43)40-29-16-10-22(18-28(29)32(44)41(2)3)19-30(42)49-20-35(33(45)46,34(47)48)24-7-5-4-6-8-24/h4-18H,19-20H2,1-3H3,(H,40,43)(H,45,46)(H,47,48). The van der Waals surface area contributed by atoms with Crippen LogP contribution in [0.4, 0.5) is 18.9 Å². The van der Waals surface area contributed by atoms with Gasteiger partial charge in [-0.25, -0.2) is 0 Å². The van der Waals surface area contributed by atoms with Crippen LogP contribution in [0.15, 0.2) is 91.0 Å². The van der Waals surface area contributed by atoms with Crippen molar-refractivity contribution in [3.05, 3.63) is 124 Å². The Labute approximate surface area is 278 Å². The Balaban J connectivity index is 1.60. The predicted octanol–water partition coefficient (Wildman–Crippen LogP) is 5.83. The molecule has 0 spiro atoms. The summed E-state index contributed by atoms with van der Waals surface area (Å²) in [5.74, 6) is -5.62. The number of esters is 1. The Morgan fingerprint density at radius 3 is 1.98 bits per heavy atom. The summed E-state index contributed by atoms with van der Waals surface area (Å²) in [6.07, 6.45) is -5.00. The van der Waals surface area contributed by atoms with Gasteiger partial charge >= 0.3 is 24.1 Å². The maximum Gasteiger partial charge on any atom is 0.416 e. The Bertz CT molecular complexity index is 1890. The van der Waals surface area contributed by atoms with Gasteiger partial charge in [0.05, 0.1) is 23.2 Å². The van der Waals surface area contributed by atoms with Gasteiger partial charge in [0.2, 0.25) is 5.41 Å². The van der Waals surface area contributed by atoms with Gasteiger partial charge in [-0.1, -0.05) is 66.2 Å². The number of alkyl halides is 3. The molecule has 0 saturated heterocycles. The van der Waals surface area contributed by atoms with Crippen LogP contribution in [0.5, 0.6) is 0 Å². The molecule has 0 bridgehead atoms. The summed E-state index contributed by atoms with van der Waals surface area (Å²) < 4.78 is 44.5. The Morgan fingerprint density at radius 1 is 0.776 bits per heavy atom. The molecule has 0 aliphatic rings. The minimum atomic E-state index is -4.53. The number of carbonyl (C=O) groups is 5. The minimum Gasteiger partial charge on any atom is -0.480 e. The van der Waals surface area contributed by atoms with Gasteiger partial charge < -0.3 is 25.2 Å².